The van der Waals surface area contributed by atoms with Gasteiger partial charge in [0.15, 0.2) is 17.4 Å². The molecule has 0 aliphatic heterocycles. The Morgan fingerprint density at radius 1 is 1.00 bits per heavy atom. The monoisotopic (exact) mass is 581 g/mol. The van der Waals surface area contributed by atoms with Crippen LogP contribution in [0.5, 0.6) is 11.5 Å². The highest BCUT2D eigenvalue weighted by atomic mass is 32.2. The molecule has 0 fully saturated rings. The number of benzene rings is 1. The Labute approximate surface area is 238 Å². The molecular weight excluding hydrogens is 550 g/mol. The number of aryl methyl sites for hydroxylation is 2. The Bertz CT molecular complexity index is 1620. The van der Waals surface area contributed by atoms with Crippen molar-refractivity contribution in [2.75, 3.05) is 25.5 Å². The van der Waals surface area contributed by atoms with E-state index in [4.69, 9.17) is 14.2 Å². The van der Waals surface area contributed by atoms with Crippen molar-refractivity contribution in [1.29, 1.82) is 0 Å². The van der Waals surface area contributed by atoms with E-state index in [2.05, 4.69) is 29.9 Å². The van der Waals surface area contributed by atoms with Gasteiger partial charge in [0.1, 0.15) is 35.1 Å². The second kappa shape index (κ2) is 12.4. The number of ether oxygens (including phenoxy) is 3. The van der Waals surface area contributed by atoms with Gasteiger partial charge in [-0.1, -0.05) is 6.07 Å². The zero-order valence-electron chi connectivity index (χ0n) is 23.5. The van der Waals surface area contributed by atoms with Crippen molar-refractivity contribution in [3.8, 4) is 28.6 Å². The molecule has 1 aromatic carbocycles. The summed E-state index contributed by atoms with van der Waals surface area (Å²) in [4.78, 5) is 24.4. The van der Waals surface area contributed by atoms with Gasteiger partial charge in [0.25, 0.3) is 0 Å². The van der Waals surface area contributed by atoms with Crippen LogP contribution in [0.3, 0.4) is 0 Å². The Morgan fingerprint density at radius 3 is 2.24 bits per heavy atom. The van der Waals surface area contributed by atoms with E-state index >= 15 is 0 Å². The minimum Gasteiger partial charge on any atom is -0.494 e. The standard InChI is InChI=1S/C27H31N7O6S/c1-16-10-20(14-28-11-16)26-31-32-27(34(26)23-21(38-5)8-7-9-22(23)39-6)33-41(36,37)19(4)24(40-15-18(3)35)25-29-12-17(2)13-30-25/h7-14,19,24H,15H2,1-6H3,(H,32,33)/t19-,24+/m0/s1. The maximum absolute atomic E-state index is 13.8. The highest BCUT2D eigenvalue weighted by molar-refractivity contribution is 7.93. The van der Waals surface area contributed by atoms with E-state index in [-0.39, 0.29) is 24.2 Å². The lowest BCUT2D eigenvalue weighted by atomic mass is 10.2. The van der Waals surface area contributed by atoms with Crippen LogP contribution in [0.2, 0.25) is 0 Å². The summed E-state index contributed by atoms with van der Waals surface area (Å²) in [5, 5.41) is 7.25. The molecule has 14 heteroatoms. The summed E-state index contributed by atoms with van der Waals surface area (Å²) in [6.45, 7) is 6.14. The zero-order chi connectivity index (χ0) is 29.7. The Balaban J connectivity index is 1.84. The third-order valence-corrected chi connectivity index (χ3v) is 7.79. The predicted molar refractivity (Wildman–Crippen MR) is 151 cm³/mol. The van der Waals surface area contributed by atoms with Gasteiger partial charge in [-0.2, -0.15) is 0 Å². The molecule has 3 heterocycles. The van der Waals surface area contributed by atoms with Gasteiger partial charge in [0.2, 0.25) is 16.0 Å². The average Bonchev–Trinajstić information content (AvgIpc) is 3.35. The van der Waals surface area contributed by atoms with Crippen molar-refractivity contribution < 1.29 is 27.4 Å². The number of carbonyl (C=O) groups excluding carboxylic acids is 1. The van der Waals surface area contributed by atoms with E-state index in [1.54, 1.807) is 49.9 Å². The number of nitrogens with zero attached hydrogens (tertiary/aromatic N) is 6. The topological polar surface area (TPSA) is 160 Å². The van der Waals surface area contributed by atoms with E-state index in [9.17, 15) is 13.2 Å². The van der Waals surface area contributed by atoms with Gasteiger partial charge in [-0.15, -0.1) is 10.2 Å². The molecule has 0 aliphatic carbocycles. The number of ketones is 1. The third kappa shape index (κ3) is 6.49. The first-order valence-corrected chi connectivity index (χ1v) is 14.1. The number of sulfonamides is 1. The molecule has 216 valence electrons. The number of anilines is 1. The van der Waals surface area contributed by atoms with E-state index in [0.717, 1.165) is 11.1 Å². The first-order chi connectivity index (χ1) is 19.6. The normalized spacial score (nSPS) is 12.9. The number of aromatic nitrogens is 6. The van der Waals surface area contributed by atoms with Crippen LogP contribution in [0, 0.1) is 13.8 Å². The summed E-state index contributed by atoms with van der Waals surface area (Å²) in [6, 6.07) is 7.00. The molecule has 41 heavy (non-hydrogen) atoms. The minimum atomic E-state index is -4.25. The van der Waals surface area contributed by atoms with Crippen LogP contribution >= 0.6 is 0 Å². The number of methoxy groups -OCH3 is 2. The maximum Gasteiger partial charge on any atom is 0.243 e. The molecule has 0 aliphatic rings. The molecule has 4 rings (SSSR count). The number of rotatable bonds is 12. The van der Waals surface area contributed by atoms with Crippen LogP contribution in [0.1, 0.15) is 36.9 Å². The number of pyridine rings is 1. The SMILES string of the molecule is COc1cccc(OC)c1-n1c(NS(=O)(=O)[C@@H](C)[C@@H](OCC(C)=O)c2ncc(C)cn2)nnc1-c1cncc(C)c1. The molecule has 0 amide bonds. The quantitative estimate of drug-likeness (QED) is 0.262. The van der Waals surface area contributed by atoms with Crippen molar-refractivity contribution in [3.63, 3.8) is 0 Å². The molecule has 2 atom stereocenters. The second-order valence-electron chi connectivity index (χ2n) is 9.35. The van der Waals surface area contributed by atoms with Crippen LogP contribution in [-0.4, -0.2) is 70.0 Å². The lowest BCUT2D eigenvalue weighted by molar-refractivity contribution is -0.123. The van der Waals surface area contributed by atoms with Crippen molar-refractivity contribution in [3.05, 3.63) is 66.0 Å². The van der Waals surface area contributed by atoms with Crippen molar-refractivity contribution >= 4 is 21.8 Å². The van der Waals surface area contributed by atoms with E-state index < -0.39 is 21.4 Å². The maximum atomic E-state index is 13.8. The average molecular weight is 582 g/mol. The summed E-state index contributed by atoms with van der Waals surface area (Å²) in [5.74, 6) is 0.769. The number of Topliss-reactive ketones (excluding diaryl/α,β-unsaturated/α-hetero) is 1. The first-order valence-electron chi connectivity index (χ1n) is 12.6. The molecule has 0 saturated heterocycles. The molecule has 0 spiro atoms. The number of nitrogens with one attached hydrogen (secondary N) is 1. The molecule has 0 saturated carbocycles. The van der Waals surface area contributed by atoms with Gasteiger partial charge in [-0.3, -0.25) is 19.1 Å². The van der Waals surface area contributed by atoms with Crippen molar-refractivity contribution in [2.24, 2.45) is 0 Å². The van der Waals surface area contributed by atoms with Gasteiger partial charge in [0, 0.05) is 30.4 Å². The minimum absolute atomic E-state index is 0.120. The van der Waals surface area contributed by atoms with E-state index in [1.807, 2.05) is 13.0 Å². The molecule has 3 aromatic heterocycles. The Kier molecular flexibility index (Phi) is 8.93. The Morgan fingerprint density at radius 2 is 1.66 bits per heavy atom. The molecule has 0 unspecified atom stereocenters. The van der Waals surface area contributed by atoms with E-state index in [1.165, 1.54) is 32.6 Å². The van der Waals surface area contributed by atoms with Crippen LogP contribution in [0.25, 0.3) is 17.1 Å². The highest BCUT2D eigenvalue weighted by Crippen LogP contribution is 2.38. The zero-order valence-corrected chi connectivity index (χ0v) is 24.3. The van der Waals surface area contributed by atoms with Crippen molar-refractivity contribution in [1.82, 2.24) is 29.7 Å². The van der Waals surface area contributed by atoms with Gasteiger partial charge >= 0.3 is 0 Å². The smallest absolute Gasteiger partial charge is 0.243 e. The number of hydrogen-bond donors (Lipinski definition) is 1. The van der Waals surface area contributed by atoms with Crippen LogP contribution < -0.4 is 14.2 Å². The van der Waals surface area contributed by atoms with Gasteiger partial charge < -0.3 is 14.2 Å². The lowest BCUT2D eigenvalue weighted by Crippen LogP contribution is -2.34. The predicted octanol–water partition coefficient (Wildman–Crippen LogP) is 3.23. The van der Waals surface area contributed by atoms with Gasteiger partial charge in [-0.05, 0) is 57.0 Å². The fraction of sp³-hybridized carbons (Fsp3) is 0.333. The fourth-order valence-electron chi connectivity index (χ4n) is 4.04. The molecule has 13 nitrogen and oxygen atoms in total. The third-order valence-electron chi connectivity index (χ3n) is 6.09. The number of para-hydroxylation sites is 1. The number of hydrogen-bond acceptors (Lipinski definition) is 11. The first kappa shape index (κ1) is 29.6. The molecule has 0 radical (unpaired) electrons. The van der Waals surface area contributed by atoms with Gasteiger partial charge in [0.05, 0.1) is 14.2 Å². The van der Waals surface area contributed by atoms with Crippen LogP contribution in [0.4, 0.5) is 5.95 Å². The van der Waals surface area contributed by atoms with Crippen LogP contribution in [-0.2, 0) is 19.6 Å². The number of carbonyl (C=O) groups is 1. The Hall–Kier alpha value is -4.43. The highest BCUT2D eigenvalue weighted by Gasteiger charge is 2.36. The van der Waals surface area contributed by atoms with Crippen LogP contribution in [0.15, 0.2) is 49.1 Å². The van der Waals surface area contributed by atoms with E-state index in [0.29, 0.717) is 28.6 Å². The summed E-state index contributed by atoms with van der Waals surface area (Å²) >= 11 is 0. The summed E-state index contributed by atoms with van der Waals surface area (Å²) in [7, 11) is -1.28. The summed E-state index contributed by atoms with van der Waals surface area (Å²) in [6.07, 6.45) is 5.22. The molecule has 0 bridgehead atoms. The summed E-state index contributed by atoms with van der Waals surface area (Å²) in [5.41, 5.74) is 2.60. The lowest BCUT2D eigenvalue weighted by Gasteiger charge is -2.24. The molecule has 4 aromatic rings. The molecular formula is C27H31N7O6S. The fourth-order valence-corrected chi connectivity index (χ4v) is 5.14. The summed E-state index contributed by atoms with van der Waals surface area (Å²) < 4.78 is 48.6. The van der Waals surface area contributed by atoms with Crippen molar-refractivity contribution in [2.45, 2.75) is 39.0 Å². The molecule has 1 N–H and O–H groups in total. The second-order valence-corrected chi connectivity index (χ2v) is 11.4. The van der Waals surface area contributed by atoms with Gasteiger partial charge in [-0.25, -0.2) is 18.4 Å². The largest absolute Gasteiger partial charge is 0.494 e.